The summed E-state index contributed by atoms with van der Waals surface area (Å²) in [5, 5.41) is 3.78. The SMILES string of the molecule is CC(C)C1CCC2(CCCCC2)CN1. The number of hydrogen-bond donors (Lipinski definition) is 1. The summed E-state index contributed by atoms with van der Waals surface area (Å²) in [5.74, 6) is 0.816. The van der Waals surface area contributed by atoms with E-state index >= 15 is 0 Å². The summed E-state index contributed by atoms with van der Waals surface area (Å²) < 4.78 is 0. The van der Waals surface area contributed by atoms with Crippen molar-refractivity contribution >= 4 is 0 Å². The monoisotopic (exact) mass is 195 g/mol. The Morgan fingerprint density at radius 3 is 2.29 bits per heavy atom. The van der Waals surface area contributed by atoms with Gasteiger partial charge in [-0.3, -0.25) is 0 Å². The first-order valence-corrected chi connectivity index (χ1v) is 6.45. The van der Waals surface area contributed by atoms with Gasteiger partial charge in [-0.1, -0.05) is 33.1 Å². The Labute approximate surface area is 88.7 Å². The molecule has 1 nitrogen and oxygen atoms in total. The highest BCUT2D eigenvalue weighted by Gasteiger charge is 2.36. The molecule has 1 aliphatic heterocycles. The van der Waals surface area contributed by atoms with Crippen LogP contribution in [0.4, 0.5) is 0 Å². The van der Waals surface area contributed by atoms with Crippen LogP contribution in [-0.4, -0.2) is 12.6 Å². The quantitative estimate of drug-likeness (QED) is 0.676. The van der Waals surface area contributed by atoms with E-state index in [4.69, 9.17) is 0 Å². The molecule has 2 rings (SSSR count). The maximum absolute atomic E-state index is 3.78. The van der Waals surface area contributed by atoms with E-state index in [-0.39, 0.29) is 0 Å². The summed E-state index contributed by atoms with van der Waals surface area (Å²) in [7, 11) is 0. The van der Waals surface area contributed by atoms with Crippen molar-refractivity contribution in [2.24, 2.45) is 11.3 Å². The van der Waals surface area contributed by atoms with Crippen LogP contribution >= 0.6 is 0 Å². The highest BCUT2D eigenvalue weighted by Crippen LogP contribution is 2.42. The van der Waals surface area contributed by atoms with Gasteiger partial charge >= 0.3 is 0 Å². The number of nitrogens with one attached hydrogen (secondary N) is 1. The molecule has 1 saturated carbocycles. The average molecular weight is 195 g/mol. The Kier molecular flexibility index (Phi) is 3.16. The summed E-state index contributed by atoms with van der Waals surface area (Å²) in [4.78, 5) is 0. The summed E-state index contributed by atoms with van der Waals surface area (Å²) in [6, 6.07) is 0.794. The minimum Gasteiger partial charge on any atom is -0.313 e. The summed E-state index contributed by atoms with van der Waals surface area (Å²) in [6.07, 6.45) is 10.3. The van der Waals surface area contributed by atoms with Gasteiger partial charge in [0.2, 0.25) is 0 Å². The van der Waals surface area contributed by atoms with Gasteiger partial charge in [0.05, 0.1) is 0 Å². The van der Waals surface area contributed by atoms with Crippen LogP contribution in [0, 0.1) is 11.3 Å². The fourth-order valence-corrected chi connectivity index (χ4v) is 3.30. The second kappa shape index (κ2) is 4.22. The molecule has 0 aromatic carbocycles. The lowest BCUT2D eigenvalue weighted by atomic mass is 9.68. The standard InChI is InChI=1S/C13H25N/c1-11(2)12-6-9-13(10-14-12)7-4-3-5-8-13/h11-12,14H,3-10H2,1-2H3. The van der Waals surface area contributed by atoms with Crippen LogP contribution in [0.15, 0.2) is 0 Å². The molecule has 0 bridgehead atoms. The first kappa shape index (κ1) is 10.5. The molecule has 1 heterocycles. The fourth-order valence-electron chi connectivity index (χ4n) is 3.30. The van der Waals surface area contributed by atoms with Gasteiger partial charge in [-0.2, -0.15) is 0 Å². The average Bonchev–Trinajstić information content (AvgIpc) is 2.19. The van der Waals surface area contributed by atoms with Crippen molar-refractivity contribution in [1.82, 2.24) is 5.32 Å². The molecule has 0 radical (unpaired) electrons. The van der Waals surface area contributed by atoms with Gasteiger partial charge in [0.1, 0.15) is 0 Å². The highest BCUT2D eigenvalue weighted by atomic mass is 14.9. The molecule has 0 amide bonds. The lowest BCUT2D eigenvalue weighted by Gasteiger charge is -2.44. The second-order valence-corrected chi connectivity index (χ2v) is 5.83. The first-order chi connectivity index (χ1) is 6.72. The van der Waals surface area contributed by atoms with Crippen molar-refractivity contribution < 1.29 is 0 Å². The van der Waals surface area contributed by atoms with Crippen molar-refractivity contribution in [1.29, 1.82) is 0 Å². The van der Waals surface area contributed by atoms with Gasteiger partial charge in [-0.25, -0.2) is 0 Å². The molecule has 2 aliphatic rings. The summed E-state index contributed by atoms with van der Waals surface area (Å²) in [6.45, 7) is 5.99. The smallest absolute Gasteiger partial charge is 0.00905 e. The lowest BCUT2D eigenvalue weighted by molar-refractivity contribution is 0.108. The van der Waals surface area contributed by atoms with Crippen LogP contribution in [0.3, 0.4) is 0 Å². The van der Waals surface area contributed by atoms with E-state index in [1.165, 1.54) is 51.5 Å². The zero-order valence-corrected chi connectivity index (χ0v) is 9.81. The van der Waals surface area contributed by atoms with Crippen LogP contribution in [0.2, 0.25) is 0 Å². The van der Waals surface area contributed by atoms with E-state index < -0.39 is 0 Å². The van der Waals surface area contributed by atoms with Crippen LogP contribution in [0.1, 0.15) is 58.8 Å². The fraction of sp³-hybridized carbons (Fsp3) is 1.00. The Bertz CT molecular complexity index is 170. The molecule has 1 unspecified atom stereocenters. The Hall–Kier alpha value is -0.0400. The van der Waals surface area contributed by atoms with Gasteiger partial charge in [0.25, 0.3) is 0 Å². The van der Waals surface area contributed by atoms with E-state index in [2.05, 4.69) is 19.2 Å². The van der Waals surface area contributed by atoms with Crippen LogP contribution in [0.25, 0.3) is 0 Å². The van der Waals surface area contributed by atoms with Crippen molar-refractivity contribution in [2.75, 3.05) is 6.54 Å². The van der Waals surface area contributed by atoms with Crippen molar-refractivity contribution in [3.05, 3.63) is 0 Å². The second-order valence-electron chi connectivity index (χ2n) is 5.83. The maximum Gasteiger partial charge on any atom is 0.00905 e. The molecular formula is C13H25N. The zero-order valence-electron chi connectivity index (χ0n) is 9.81. The normalized spacial score (nSPS) is 32.4. The Morgan fingerprint density at radius 2 is 1.79 bits per heavy atom. The molecule has 1 N–H and O–H groups in total. The molecule has 1 heteroatoms. The van der Waals surface area contributed by atoms with E-state index in [9.17, 15) is 0 Å². The molecule has 1 aliphatic carbocycles. The topological polar surface area (TPSA) is 12.0 Å². The predicted molar refractivity (Wildman–Crippen MR) is 61.4 cm³/mol. The maximum atomic E-state index is 3.78. The van der Waals surface area contributed by atoms with Gasteiger partial charge < -0.3 is 5.32 Å². The first-order valence-electron chi connectivity index (χ1n) is 6.45. The molecular weight excluding hydrogens is 170 g/mol. The van der Waals surface area contributed by atoms with Crippen LogP contribution < -0.4 is 5.32 Å². The van der Waals surface area contributed by atoms with E-state index in [0.29, 0.717) is 5.41 Å². The van der Waals surface area contributed by atoms with Gasteiger partial charge in [-0.15, -0.1) is 0 Å². The molecule has 1 saturated heterocycles. The third-order valence-electron chi connectivity index (χ3n) is 4.44. The van der Waals surface area contributed by atoms with Gasteiger partial charge in [0, 0.05) is 12.6 Å². The largest absolute Gasteiger partial charge is 0.313 e. The zero-order chi connectivity index (χ0) is 10.0. The van der Waals surface area contributed by atoms with Crippen molar-refractivity contribution in [2.45, 2.75) is 64.8 Å². The van der Waals surface area contributed by atoms with E-state index in [1.807, 2.05) is 0 Å². The van der Waals surface area contributed by atoms with Crippen LogP contribution in [0.5, 0.6) is 0 Å². The summed E-state index contributed by atoms with van der Waals surface area (Å²) in [5.41, 5.74) is 0.712. The van der Waals surface area contributed by atoms with E-state index in [0.717, 1.165) is 12.0 Å². The molecule has 1 atom stereocenters. The molecule has 0 aromatic rings. The van der Waals surface area contributed by atoms with Crippen molar-refractivity contribution in [3.8, 4) is 0 Å². The van der Waals surface area contributed by atoms with Gasteiger partial charge in [-0.05, 0) is 37.0 Å². The minimum atomic E-state index is 0.712. The Balaban J connectivity index is 1.87. The molecule has 1 spiro atoms. The molecule has 0 aromatic heterocycles. The Morgan fingerprint density at radius 1 is 1.07 bits per heavy atom. The molecule has 2 fully saturated rings. The third-order valence-corrected chi connectivity index (χ3v) is 4.44. The lowest BCUT2D eigenvalue weighted by Crippen LogP contribution is -2.48. The highest BCUT2D eigenvalue weighted by molar-refractivity contribution is 4.91. The predicted octanol–water partition coefficient (Wildman–Crippen LogP) is 3.34. The van der Waals surface area contributed by atoms with Gasteiger partial charge in [0.15, 0.2) is 0 Å². The molecule has 14 heavy (non-hydrogen) atoms. The van der Waals surface area contributed by atoms with E-state index in [1.54, 1.807) is 0 Å². The van der Waals surface area contributed by atoms with Crippen molar-refractivity contribution in [3.63, 3.8) is 0 Å². The summed E-state index contributed by atoms with van der Waals surface area (Å²) >= 11 is 0. The van der Waals surface area contributed by atoms with Crippen LogP contribution in [-0.2, 0) is 0 Å². The molecule has 82 valence electrons. The number of rotatable bonds is 1. The number of piperidine rings is 1. The number of hydrogen-bond acceptors (Lipinski definition) is 1. The minimum absolute atomic E-state index is 0.712. The third kappa shape index (κ3) is 2.13.